The van der Waals surface area contributed by atoms with Gasteiger partial charge in [0, 0.05) is 6.08 Å². The normalized spacial score (nSPS) is 10.5. The highest BCUT2D eigenvalue weighted by atomic mass is 32.1. The van der Waals surface area contributed by atoms with Crippen molar-refractivity contribution < 1.29 is 33.3 Å². The molecule has 30 heavy (non-hydrogen) atoms. The van der Waals surface area contributed by atoms with Crippen LogP contribution >= 0.6 is 11.3 Å². The van der Waals surface area contributed by atoms with Crippen molar-refractivity contribution in [2.45, 2.75) is 13.8 Å². The van der Waals surface area contributed by atoms with E-state index < -0.39 is 11.9 Å². The van der Waals surface area contributed by atoms with Gasteiger partial charge in [-0.25, -0.2) is 9.59 Å². The van der Waals surface area contributed by atoms with Crippen LogP contribution in [-0.4, -0.2) is 45.3 Å². The Hall–Kier alpha value is -3.33. The SMILES string of the molecule is CCOC(=O)c1sc(NC(=O)COc2ccc(/C=C/C(=O)OC)cc2OC)cc1C. The van der Waals surface area contributed by atoms with Crippen molar-refractivity contribution in [2.24, 2.45) is 0 Å². The highest BCUT2D eigenvalue weighted by Crippen LogP contribution is 2.29. The largest absolute Gasteiger partial charge is 0.493 e. The molecule has 0 aliphatic heterocycles. The Morgan fingerprint density at radius 3 is 2.57 bits per heavy atom. The van der Waals surface area contributed by atoms with Gasteiger partial charge >= 0.3 is 11.9 Å². The predicted octanol–water partition coefficient (Wildman–Crippen LogP) is 3.45. The van der Waals surface area contributed by atoms with Gasteiger partial charge in [-0.3, -0.25) is 4.79 Å². The Labute approximate surface area is 178 Å². The number of anilines is 1. The number of thiophene rings is 1. The number of benzene rings is 1. The van der Waals surface area contributed by atoms with Crippen molar-refractivity contribution in [1.82, 2.24) is 0 Å². The summed E-state index contributed by atoms with van der Waals surface area (Å²) >= 11 is 1.14. The van der Waals surface area contributed by atoms with Crippen molar-refractivity contribution in [3.05, 3.63) is 46.3 Å². The Morgan fingerprint density at radius 1 is 1.13 bits per heavy atom. The van der Waals surface area contributed by atoms with Crippen LogP contribution in [-0.2, 0) is 19.1 Å². The molecule has 1 N–H and O–H groups in total. The van der Waals surface area contributed by atoms with Crippen LogP contribution in [0.5, 0.6) is 11.5 Å². The first-order chi connectivity index (χ1) is 14.4. The quantitative estimate of drug-likeness (QED) is 0.478. The fourth-order valence-electron chi connectivity index (χ4n) is 2.40. The van der Waals surface area contributed by atoms with Crippen LogP contribution < -0.4 is 14.8 Å². The number of ether oxygens (including phenoxy) is 4. The first-order valence-corrected chi connectivity index (χ1v) is 9.83. The molecule has 1 aromatic heterocycles. The van der Waals surface area contributed by atoms with Crippen LogP contribution in [0.15, 0.2) is 30.3 Å². The van der Waals surface area contributed by atoms with E-state index in [1.165, 1.54) is 20.3 Å². The summed E-state index contributed by atoms with van der Waals surface area (Å²) in [6.07, 6.45) is 2.86. The van der Waals surface area contributed by atoms with Crippen LogP contribution in [0.2, 0.25) is 0 Å². The van der Waals surface area contributed by atoms with E-state index in [1.54, 1.807) is 44.2 Å². The Bertz CT molecular complexity index is 949. The number of carbonyl (C=O) groups is 3. The lowest BCUT2D eigenvalue weighted by molar-refractivity contribution is -0.134. The zero-order valence-corrected chi connectivity index (χ0v) is 18.0. The second-order valence-corrected chi connectivity index (χ2v) is 7.00. The van der Waals surface area contributed by atoms with Gasteiger partial charge in [-0.1, -0.05) is 6.07 Å². The lowest BCUT2D eigenvalue weighted by Crippen LogP contribution is -2.19. The molecule has 2 aromatic rings. The average molecular weight is 433 g/mol. The molecule has 1 amide bonds. The Balaban J connectivity index is 1.99. The molecule has 0 spiro atoms. The molecule has 2 rings (SSSR count). The predicted molar refractivity (Wildman–Crippen MR) is 113 cm³/mol. The van der Waals surface area contributed by atoms with Crippen LogP contribution in [0, 0.1) is 6.92 Å². The number of amides is 1. The highest BCUT2D eigenvalue weighted by Gasteiger charge is 2.16. The van der Waals surface area contributed by atoms with E-state index in [9.17, 15) is 14.4 Å². The molecule has 8 nitrogen and oxygen atoms in total. The van der Waals surface area contributed by atoms with Gasteiger partial charge in [0.05, 0.1) is 25.8 Å². The van der Waals surface area contributed by atoms with E-state index in [4.69, 9.17) is 14.2 Å². The monoisotopic (exact) mass is 433 g/mol. The molecule has 1 heterocycles. The van der Waals surface area contributed by atoms with Gasteiger partial charge in [-0.05, 0) is 49.2 Å². The highest BCUT2D eigenvalue weighted by molar-refractivity contribution is 7.18. The van der Waals surface area contributed by atoms with E-state index >= 15 is 0 Å². The maximum absolute atomic E-state index is 12.2. The maximum atomic E-state index is 12.2. The number of esters is 2. The molecule has 0 saturated heterocycles. The molecular formula is C21H23NO7S. The minimum absolute atomic E-state index is 0.251. The molecule has 0 saturated carbocycles. The molecule has 0 aliphatic rings. The number of aryl methyl sites for hydroxylation is 1. The number of hydrogen-bond donors (Lipinski definition) is 1. The Morgan fingerprint density at radius 2 is 1.90 bits per heavy atom. The summed E-state index contributed by atoms with van der Waals surface area (Å²) < 4.78 is 20.4. The van der Waals surface area contributed by atoms with Crippen LogP contribution in [0.4, 0.5) is 5.00 Å². The van der Waals surface area contributed by atoms with Gasteiger partial charge in [0.2, 0.25) is 0 Å². The van der Waals surface area contributed by atoms with Crippen LogP contribution in [0.1, 0.15) is 27.7 Å². The molecule has 160 valence electrons. The summed E-state index contributed by atoms with van der Waals surface area (Å²) in [6, 6.07) is 6.72. The third-order valence-electron chi connectivity index (χ3n) is 3.80. The smallest absolute Gasteiger partial charge is 0.348 e. The van der Waals surface area contributed by atoms with E-state index in [0.717, 1.165) is 16.9 Å². The average Bonchev–Trinajstić information content (AvgIpc) is 3.10. The van der Waals surface area contributed by atoms with E-state index in [0.29, 0.717) is 26.9 Å². The lowest BCUT2D eigenvalue weighted by Gasteiger charge is -2.11. The number of methoxy groups -OCH3 is 2. The molecule has 9 heteroatoms. The number of carbonyl (C=O) groups excluding carboxylic acids is 3. The van der Waals surface area contributed by atoms with Crippen LogP contribution in [0.25, 0.3) is 6.08 Å². The minimum Gasteiger partial charge on any atom is -0.493 e. The molecule has 0 bridgehead atoms. The third kappa shape index (κ3) is 6.35. The number of nitrogens with one attached hydrogen (secondary N) is 1. The topological polar surface area (TPSA) is 100 Å². The zero-order valence-electron chi connectivity index (χ0n) is 17.1. The lowest BCUT2D eigenvalue weighted by atomic mass is 10.2. The van der Waals surface area contributed by atoms with Gasteiger partial charge in [-0.15, -0.1) is 11.3 Å². The number of rotatable bonds is 9. The summed E-state index contributed by atoms with van der Waals surface area (Å²) in [5.41, 5.74) is 1.43. The van der Waals surface area contributed by atoms with Crippen molar-refractivity contribution in [3.63, 3.8) is 0 Å². The molecule has 0 aliphatic carbocycles. The fourth-order valence-corrected chi connectivity index (χ4v) is 3.38. The van der Waals surface area contributed by atoms with E-state index in [1.807, 2.05) is 0 Å². The number of hydrogen-bond acceptors (Lipinski definition) is 8. The summed E-state index contributed by atoms with van der Waals surface area (Å²) in [6.45, 7) is 3.54. The molecule has 0 atom stereocenters. The summed E-state index contributed by atoms with van der Waals surface area (Å²) in [7, 11) is 2.77. The molecule has 0 unspecified atom stereocenters. The maximum Gasteiger partial charge on any atom is 0.348 e. The van der Waals surface area contributed by atoms with Gasteiger partial charge < -0.3 is 24.3 Å². The van der Waals surface area contributed by atoms with E-state index in [2.05, 4.69) is 10.1 Å². The second kappa shape index (κ2) is 11.0. The van der Waals surface area contributed by atoms with Gasteiger partial charge in [-0.2, -0.15) is 0 Å². The summed E-state index contributed by atoms with van der Waals surface area (Å²) in [5, 5.41) is 3.23. The molecule has 1 aromatic carbocycles. The molecule has 0 radical (unpaired) electrons. The fraction of sp³-hybridized carbons (Fsp3) is 0.286. The van der Waals surface area contributed by atoms with Crippen molar-refractivity contribution in [3.8, 4) is 11.5 Å². The second-order valence-electron chi connectivity index (χ2n) is 5.95. The van der Waals surface area contributed by atoms with Crippen molar-refractivity contribution in [2.75, 3.05) is 32.8 Å². The van der Waals surface area contributed by atoms with E-state index in [-0.39, 0.29) is 19.1 Å². The van der Waals surface area contributed by atoms with Gasteiger partial charge in [0.25, 0.3) is 5.91 Å². The summed E-state index contributed by atoms with van der Waals surface area (Å²) in [4.78, 5) is 35.8. The van der Waals surface area contributed by atoms with Crippen molar-refractivity contribution in [1.29, 1.82) is 0 Å². The standard InChI is InChI=1S/C21H23NO7S/c1-5-28-21(25)20-13(2)10-18(30-20)22-17(23)12-29-15-8-6-14(11-16(15)26-3)7-9-19(24)27-4/h6-11H,5,12H2,1-4H3,(H,22,23)/b9-7+. The summed E-state index contributed by atoms with van der Waals surface area (Å²) in [5.74, 6) is -0.490. The van der Waals surface area contributed by atoms with Crippen LogP contribution in [0.3, 0.4) is 0 Å². The minimum atomic E-state index is -0.471. The van der Waals surface area contributed by atoms with Gasteiger partial charge in [0.1, 0.15) is 4.88 Å². The third-order valence-corrected chi connectivity index (χ3v) is 4.93. The first-order valence-electron chi connectivity index (χ1n) is 9.02. The molecule has 0 fully saturated rings. The molecular weight excluding hydrogens is 410 g/mol. The first kappa shape index (κ1) is 23.0. The van der Waals surface area contributed by atoms with Gasteiger partial charge in [0.15, 0.2) is 18.1 Å². The Kier molecular flexibility index (Phi) is 8.42. The zero-order chi connectivity index (χ0) is 22.1. The van der Waals surface area contributed by atoms with Crippen molar-refractivity contribution >= 4 is 40.3 Å².